The van der Waals surface area contributed by atoms with Crippen LogP contribution in [-0.4, -0.2) is 57.9 Å². The Balaban J connectivity index is 3.00. The molecule has 126 valence electrons. The first-order valence-electron chi connectivity index (χ1n) is 7.61. The lowest BCUT2D eigenvalue weighted by atomic mass is 10.2. The van der Waals surface area contributed by atoms with Crippen LogP contribution in [0.3, 0.4) is 0 Å². The molecule has 0 atom stereocenters. The van der Waals surface area contributed by atoms with E-state index in [1.54, 1.807) is 12.1 Å². The van der Waals surface area contributed by atoms with Crippen LogP contribution >= 0.6 is 0 Å². The Hall–Kier alpha value is -1.31. The van der Waals surface area contributed by atoms with Gasteiger partial charge in [0, 0.05) is 25.3 Å². The molecule has 0 amide bonds. The van der Waals surface area contributed by atoms with E-state index in [-0.39, 0.29) is 4.90 Å². The molecule has 0 unspecified atom stereocenters. The molecule has 0 heterocycles. The monoisotopic (exact) mass is 328 g/mol. The Morgan fingerprint density at radius 3 is 2.36 bits per heavy atom. The van der Waals surface area contributed by atoms with E-state index >= 15 is 0 Å². The molecule has 1 rings (SSSR count). The van der Waals surface area contributed by atoms with Gasteiger partial charge in [0.1, 0.15) is 4.90 Å². The summed E-state index contributed by atoms with van der Waals surface area (Å²) >= 11 is 0. The minimum Gasteiger partial charge on any atom is -0.399 e. The van der Waals surface area contributed by atoms with Gasteiger partial charge in [0.15, 0.2) is 0 Å². The summed E-state index contributed by atoms with van der Waals surface area (Å²) in [6, 6.07) is 4.98. The van der Waals surface area contributed by atoms with Crippen molar-refractivity contribution in [1.82, 2.24) is 9.21 Å². The second-order valence-corrected chi connectivity index (χ2v) is 7.33. The van der Waals surface area contributed by atoms with E-state index in [1.807, 2.05) is 27.9 Å². The van der Waals surface area contributed by atoms with Crippen molar-refractivity contribution in [2.75, 3.05) is 51.3 Å². The number of sulfonamides is 1. The zero-order valence-corrected chi connectivity index (χ0v) is 14.8. The van der Waals surface area contributed by atoms with Gasteiger partial charge in [-0.3, -0.25) is 0 Å². The second-order valence-electron chi connectivity index (χ2n) is 5.43. The van der Waals surface area contributed by atoms with Gasteiger partial charge in [0.05, 0.1) is 5.69 Å². The van der Waals surface area contributed by atoms with Crippen LogP contribution in [0.4, 0.5) is 11.4 Å². The molecule has 7 heteroatoms. The maximum Gasteiger partial charge on any atom is 0.245 e. The van der Waals surface area contributed by atoms with Crippen molar-refractivity contribution >= 4 is 21.4 Å². The Morgan fingerprint density at radius 2 is 1.82 bits per heavy atom. The average Bonchev–Trinajstić information content (AvgIpc) is 2.45. The van der Waals surface area contributed by atoms with Gasteiger partial charge in [-0.1, -0.05) is 13.8 Å². The van der Waals surface area contributed by atoms with Gasteiger partial charge in [0.25, 0.3) is 0 Å². The Bertz CT molecular complexity index is 569. The van der Waals surface area contributed by atoms with E-state index < -0.39 is 10.0 Å². The number of nitrogens with one attached hydrogen (secondary N) is 1. The van der Waals surface area contributed by atoms with E-state index in [9.17, 15) is 8.42 Å². The van der Waals surface area contributed by atoms with E-state index in [0.29, 0.717) is 31.0 Å². The number of anilines is 2. The highest BCUT2D eigenvalue weighted by molar-refractivity contribution is 7.89. The Morgan fingerprint density at radius 1 is 1.18 bits per heavy atom. The van der Waals surface area contributed by atoms with Crippen LogP contribution in [0.25, 0.3) is 0 Å². The van der Waals surface area contributed by atoms with Crippen LogP contribution in [0.1, 0.15) is 20.3 Å². The molecule has 0 aliphatic carbocycles. The standard InChI is InChI=1S/C15H28N4O2S/c1-5-19(6-2)22(20,21)15-12-13(16)8-9-14(15)17-10-7-11-18(3)4/h8-9,12,17H,5-7,10-11,16H2,1-4H3. The summed E-state index contributed by atoms with van der Waals surface area (Å²) in [5.41, 5.74) is 6.84. The van der Waals surface area contributed by atoms with Crippen molar-refractivity contribution in [2.24, 2.45) is 0 Å². The largest absolute Gasteiger partial charge is 0.399 e. The van der Waals surface area contributed by atoms with Crippen LogP contribution in [-0.2, 0) is 10.0 Å². The molecule has 0 saturated carbocycles. The van der Waals surface area contributed by atoms with Crippen molar-refractivity contribution in [1.29, 1.82) is 0 Å². The zero-order chi connectivity index (χ0) is 16.8. The van der Waals surface area contributed by atoms with E-state index in [0.717, 1.165) is 13.0 Å². The Labute approximate surface area is 134 Å². The average molecular weight is 328 g/mol. The van der Waals surface area contributed by atoms with Gasteiger partial charge in [-0.25, -0.2) is 8.42 Å². The number of nitrogens with zero attached hydrogens (tertiary/aromatic N) is 2. The lowest BCUT2D eigenvalue weighted by Crippen LogP contribution is -2.31. The highest BCUT2D eigenvalue weighted by atomic mass is 32.2. The maximum atomic E-state index is 12.7. The van der Waals surface area contributed by atoms with Crippen LogP contribution in [0.2, 0.25) is 0 Å². The molecule has 0 aromatic heterocycles. The number of nitrogen functional groups attached to an aromatic ring is 1. The van der Waals surface area contributed by atoms with Gasteiger partial charge < -0.3 is 16.0 Å². The summed E-state index contributed by atoms with van der Waals surface area (Å²) in [4.78, 5) is 2.35. The molecule has 0 spiro atoms. The topological polar surface area (TPSA) is 78.7 Å². The van der Waals surface area contributed by atoms with Crippen molar-refractivity contribution in [2.45, 2.75) is 25.2 Å². The number of hydrogen-bond acceptors (Lipinski definition) is 5. The third-order valence-electron chi connectivity index (χ3n) is 3.43. The number of nitrogens with two attached hydrogens (primary N) is 1. The van der Waals surface area contributed by atoms with Gasteiger partial charge in [-0.15, -0.1) is 0 Å². The maximum absolute atomic E-state index is 12.7. The molecule has 6 nitrogen and oxygen atoms in total. The molecule has 0 fully saturated rings. The molecule has 0 radical (unpaired) electrons. The number of benzene rings is 1. The summed E-state index contributed by atoms with van der Waals surface area (Å²) in [6.45, 7) is 6.19. The molecule has 22 heavy (non-hydrogen) atoms. The van der Waals surface area contributed by atoms with Crippen molar-refractivity contribution in [3.05, 3.63) is 18.2 Å². The molecule has 0 bridgehead atoms. The molecular formula is C15H28N4O2S. The molecule has 1 aromatic rings. The fourth-order valence-electron chi connectivity index (χ4n) is 2.22. The minimum absolute atomic E-state index is 0.251. The quantitative estimate of drug-likeness (QED) is 0.532. The summed E-state index contributed by atoms with van der Waals surface area (Å²) in [5, 5.41) is 3.22. The van der Waals surface area contributed by atoms with Gasteiger partial charge in [0.2, 0.25) is 10.0 Å². The van der Waals surface area contributed by atoms with Crippen molar-refractivity contribution < 1.29 is 8.42 Å². The SMILES string of the molecule is CCN(CC)S(=O)(=O)c1cc(N)ccc1NCCCN(C)C. The fraction of sp³-hybridized carbons (Fsp3) is 0.600. The lowest BCUT2D eigenvalue weighted by molar-refractivity contribution is 0.405. The van der Waals surface area contributed by atoms with E-state index in [4.69, 9.17) is 5.73 Å². The first-order chi connectivity index (χ1) is 10.3. The van der Waals surface area contributed by atoms with Crippen molar-refractivity contribution in [3.63, 3.8) is 0 Å². The number of hydrogen-bond donors (Lipinski definition) is 2. The van der Waals surface area contributed by atoms with E-state index in [1.165, 1.54) is 10.4 Å². The van der Waals surface area contributed by atoms with Crippen LogP contribution in [0, 0.1) is 0 Å². The van der Waals surface area contributed by atoms with Gasteiger partial charge >= 0.3 is 0 Å². The molecule has 0 aliphatic rings. The second kappa shape index (κ2) is 8.36. The third-order valence-corrected chi connectivity index (χ3v) is 5.52. The Kier molecular flexibility index (Phi) is 7.12. The molecule has 0 saturated heterocycles. The van der Waals surface area contributed by atoms with Crippen LogP contribution < -0.4 is 11.1 Å². The predicted octanol–water partition coefficient (Wildman–Crippen LogP) is 1.66. The lowest BCUT2D eigenvalue weighted by Gasteiger charge is -2.21. The van der Waals surface area contributed by atoms with Crippen molar-refractivity contribution in [3.8, 4) is 0 Å². The first kappa shape index (κ1) is 18.7. The molecule has 3 N–H and O–H groups in total. The van der Waals surface area contributed by atoms with E-state index in [2.05, 4.69) is 10.2 Å². The summed E-state index contributed by atoms with van der Waals surface area (Å²) in [5.74, 6) is 0. The molecule has 0 aliphatic heterocycles. The fourth-order valence-corrected chi connectivity index (χ4v) is 3.88. The summed E-state index contributed by atoms with van der Waals surface area (Å²) < 4.78 is 26.9. The first-order valence-corrected chi connectivity index (χ1v) is 9.05. The summed E-state index contributed by atoms with van der Waals surface area (Å²) in [7, 11) is 0.499. The highest BCUT2D eigenvalue weighted by Gasteiger charge is 2.24. The van der Waals surface area contributed by atoms with Crippen LogP contribution in [0.5, 0.6) is 0 Å². The highest BCUT2D eigenvalue weighted by Crippen LogP contribution is 2.27. The van der Waals surface area contributed by atoms with Crippen LogP contribution in [0.15, 0.2) is 23.1 Å². The normalized spacial score (nSPS) is 12.1. The minimum atomic E-state index is -3.53. The number of rotatable bonds is 9. The van der Waals surface area contributed by atoms with Gasteiger partial charge in [-0.05, 0) is 45.3 Å². The summed E-state index contributed by atoms with van der Waals surface area (Å²) in [6.07, 6.45) is 0.933. The zero-order valence-electron chi connectivity index (χ0n) is 14.0. The molecule has 1 aromatic carbocycles. The third kappa shape index (κ3) is 4.86. The smallest absolute Gasteiger partial charge is 0.245 e. The molecular weight excluding hydrogens is 300 g/mol. The van der Waals surface area contributed by atoms with Gasteiger partial charge in [-0.2, -0.15) is 4.31 Å². The predicted molar refractivity (Wildman–Crippen MR) is 92.6 cm³/mol.